The van der Waals surface area contributed by atoms with Crippen molar-refractivity contribution in [2.24, 2.45) is 4.99 Å². The number of carbonyl (C=O) groups is 1. The predicted molar refractivity (Wildman–Crippen MR) is 92.0 cm³/mol. The normalized spacial score (nSPS) is 12.7. The molecular formula is C18H22N2O2. The molecule has 0 spiro atoms. The quantitative estimate of drug-likeness (QED) is 0.467. The van der Waals surface area contributed by atoms with Crippen molar-refractivity contribution in [1.82, 2.24) is 0 Å². The number of hydrogen-bond acceptors (Lipinski definition) is 3. The van der Waals surface area contributed by atoms with Gasteiger partial charge in [0.25, 0.3) is 0 Å². The summed E-state index contributed by atoms with van der Waals surface area (Å²) in [4.78, 5) is 15.8. The number of hydrogen-bond donors (Lipinski definition) is 2. The molecular weight excluding hydrogens is 276 g/mol. The fraction of sp³-hybridized carbons (Fsp3) is 0.333. The summed E-state index contributed by atoms with van der Waals surface area (Å²) >= 11 is 0. The number of aryl methyl sites for hydroxylation is 1. The summed E-state index contributed by atoms with van der Waals surface area (Å²) in [5.74, 6) is 0. The number of nitrogens with zero attached hydrogens (tertiary/aromatic N) is 1. The minimum absolute atomic E-state index is 0.0916. The molecule has 22 heavy (non-hydrogen) atoms. The summed E-state index contributed by atoms with van der Waals surface area (Å²) in [6.07, 6.45) is 4.01. The van der Waals surface area contributed by atoms with Gasteiger partial charge in [-0.1, -0.05) is 31.2 Å². The highest BCUT2D eigenvalue weighted by Gasteiger charge is 2.09. The molecule has 2 rings (SSSR count). The number of anilines is 1. The molecule has 0 amide bonds. The summed E-state index contributed by atoms with van der Waals surface area (Å²) < 4.78 is 0. The lowest BCUT2D eigenvalue weighted by atomic mass is 10.00. The van der Waals surface area contributed by atoms with Gasteiger partial charge in [0.2, 0.25) is 0 Å². The van der Waals surface area contributed by atoms with Crippen LogP contribution in [0.3, 0.4) is 0 Å². The van der Waals surface area contributed by atoms with Crippen molar-refractivity contribution in [3.8, 4) is 0 Å². The van der Waals surface area contributed by atoms with Gasteiger partial charge in [-0.3, -0.25) is 9.79 Å². The third kappa shape index (κ3) is 3.52. The first-order valence-electron chi connectivity index (χ1n) is 7.57. The van der Waals surface area contributed by atoms with Crippen molar-refractivity contribution in [2.75, 3.05) is 11.9 Å². The second-order valence-corrected chi connectivity index (χ2v) is 5.32. The van der Waals surface area contributed by atoms with Gasteiger partial charge in [-0.2, -0.15) is 0 Å². The maximum Gasteiger partial charge on any atom is 0.152 e. The smallest absolute Gasteiger partial charge is 0.152 e. The highest BCUT2D eigenvalue weighted by atomic mass is 16.3. The summed E-state index contributed by atoms with van der Waals surface area (Å²) in [7, 11) is 0. The van der Waals surface area contributed by atoms with E-state index >= 15 is 0 Å². The molecule has 1 unspecified atom stereocenters. The topological polar surface area (TPSA) is 61.7 Å². The largest absolute Gasteiger partial charge is 0.396 e. The molecule has 4 heteroatoms. The maximum atomic E-state index is 11.4. The summed E-state index contributed by atoms with van der Waals surface area (Å²) in [6.45, 7) is 4.17. The molecule has 0 bridgehead atoms. The maximum absolute atomic E-state index is 11.4. The fourth-order valence-corrected chi connectivity index (χ4v) is 2.58. The number of aliphatic hydroxyl groups excluding tert-OH is 1. The van der Waals surface area contributed by atoms with E-state index in [4.69, 9.17) is 5.11 Å². The Morgan fingerprint density at radius 2 is 2.05 bits per heavy atom. The zero-order valence-corrected chi connectivity index (χ0v) is 13.0. The molecule has 0 saturated carbocycles. The van der Waals surface area contributed by atoms with Gasteiger partial charge in [0.15, 0.2) is 6.29 Å². The molecule has 0 fully saturated rings. The van der Waals surface area contributed by atoms with Crippen LogP contribution in [-0.4, -0.2) is 30.4 Å². The van der Waals surface area contributed by atoms with Crippen molar-refractivity contribution < 1.29 is 9.90 Å². The van der Waals surface area contributed by atoms with Crippen LogP contribution in [-0.2, 0) is 0 Å². The average molecular weight is 298 g/mol. The molecule has 0 aliphatic heterocycles. The Balaban J connectivity index is 2.35. The summed E-state index contributed by atoms with van der Waals surface area (Å²) in [5, 5.41) is 14.3. The van der Waals surface area contributed by atoms with E-state index in [1.807, 2.05) is 44.2 Å². The number of fused-ring (bicyclic) bond motifs is 1. The van der Waals surface area contributed by atoms with Crippen LogP contribution in [0.1, 0.15) is 35.7 Å². The predicted octanol–water partition coefficient (Wildman–Crippen LogP) is 3.56. The number of aliphatic hydroxyl groups is 1. The highest BCUT2D eigenvalue weighted by molar-refractivity contribution is 6.06. The van der Waals surface area contributed by atoms with E-state index in [1.54, 1.807) is 6.34 Å². The van der Waals surface area contributed by atoms with Gasteiger partial charge in [-0.05, 0) is 36.8 Å². The Labute approximate surface area is 130 Å². The summed E-state index contributed by atoms with van der Waals surface area (Å²) in [5.41, 5.74) is 2.48. The van der Waals surface area contributed by atoms with Gasteiger partial charge < -0.3 is 10.4 Å². The number of aldehydes is 1. The lowest BCUT2D eigenvalue weighted by Crippen LogP contribution is -2.08. The Morgan fingerprint density at radius 3 is 2.68 bits per heavy atom. The minimum Gasteiger partial charge on any atom is -0.396 e. The van der Waals surface area contributed by atoms with Crippen LogP contribution >= 0.6 is 0 Å². The van der Waals surface area contributed by atoms with Crippen molar-refractivity contribution in [2.45, 2.75) is 32.7 Å². The first-order chi connectivity index (χ1) is 10.7. The van der Waals surface area contributed by atoms with Crippen LogP contribution in [0.15, 0.2) is 35.3 Å². The number of nitrogens with one attached hydrogen (secondary N) is 1. The lowest BCUT2D eigenvalue weighted by molar-refractivity contribution is 0.112. The molecule has 0 aromatic heterocycles. The number of carbonyl (C=O) groups excluding carboxylic acids is 1. The van der Waals surface area contributed by atoms with E-state index < -0.39 is 0 Å². The second kappa shape index (κ2) is 7.71. The van der Waals surface area contributed by atoms with E-state index in [-0.39, 0.29) is 12.6 Å². The van der Waals surface area contributed by atoms with Gasteiger partial charge >= 0.3 is 0 Å². The van der Waals surface area contributed by atoms with Crippen molar-refractivity contribution in [1.29, 1.82) is 0 Å². The van der Waals surface area contributed by atoms with Crippen LogP contribution < -0.4 is 5.32 Å². The molecule has 0 aliphatic carbocycles. The molecule has 0 saturated heterocycles. The SMILES string of the molecule is CCC(CCO)N=CNc1c(C=O)cc(C)c2ccccc12. The first kappa shape index (κ1) is 16.2. The fourth-order valence-electron chi connectivity index (χ4n) is 2.58. The van der Waals surface area contributed by atoms with Gasteiger partial charge in [0.1, 0.15) is 0 Å². The third-order valence-electron chi connectivity index (χ3n) is 3.84. The van der Waals surface area contributed by atoms with E-state index in [0.29, 0.717) is 12.0 Å². The number of rotatable bonds is 7. The molecule has 4 nitrogen and oxygen atoms in total. The zero-order valence-electron chi connectivity index (χ0n) is 13.0. The average Bonchev–Trinajstić information content (AvgIpc) is 2.55. The first-order valence-corrected chi connectivity index (χ1v) is 7.57. The van der Waals surface area contributed by atoms with Crippen molar-refractivity contribution in [3.05, 3.63) is 41.5 Å². The monoisotopic (exact) mass is 298 g/mol. The van der Waals surface area contributed by atoms with Gasteiger partial charge in [-0.15, -0.1) is 0 Å². The Morgan fingerprint density at radius 1 is 1.32 bits per heavy atom. The number of benzene rings is 2. The van der Waals surface area contributed by atoms with Crippen LogP contribution in [0, 0.1) is 6.92 Å². The van der Waals surface area contributed by atoms with Gasteiger partial charge in [-0.25, -0.2) is 0 Å². The van der Waals surface area contributed by atoms with Gasteiger partial charge in [0.05, 0.1) is 18.1 Å². The van der Waals surface area contributed by atoms with Crippen LogP contribution in [0.5, 0.6) is 0 Å². The molecule has 116 valence electrons. The van der Waals surface area contributed by atoms with Crippen LogP contribution in [0.4, 0.5) is 5.69 Å². The second-order valence-electron chi connectivity index (χ2n) is 5.32. The molecule has 2 N–H and O–H groups in total. The van der Waals surface area contributed by atoms with E-state index in [9.17, 15) is 4.79 Å². The third-order valence-corrected chi connectivity index (χ3v) is 3.84. The molecule has 0 aliphatic rings. The van der Waals surface area contributed by atoms with E-state index in [0.717, 1.165) is 34.7 Å². The molecule has 0 heterocycles. The Hall–Kier alpha value is -2.20. The summed E-state index contributed by atoms with van der Waals surface area (Å²) in [6, 6.07) is 9.96. The van der Waals surface area contributed by atoms with E-state index in [2.05, 4.69) is 10.3 Å². The van der Waals surface area contributed by atoms with Crippen molar-refractivity contribution >= 4 is 29.1 Å². The molecule has 2 aromatic rings. The minimum atomic E-state index is 0.0916. The van der Waals surface area contributed by atoms with Crippen LogP contribution in [0.2, 0.25) is 0 Å². The Bertz CT molecular complexity index is 680. The zero-order chi connectivity index (χ0) is 15.9. The van der Waals surface area contributed by atoms with Crippen LogP contribution in [0.25, 0.3) is 10.8 Å². The molecule has 2 aromatic carbocycles. The molecule has 1 atom stereocenters. The van der Waals surface area contributed by atoms with Crippen molar-refractivity contribution in [3.63, 3.8) is 0 Å². The van der Waals surface area contributed by atoms with E-state index in [1.165, 1.54) is 0 Å². The molecule has 0 radical (unpaired) electrons. The Kier molecular flexibility index (Phi) is 5.67. The standard InChI is InChI=1S/C18H22N2O2/c1-3-15(8-9-21)19-12-20-18-14(11-22)10-13(2)16-6-4-5-7-17(16)18/h4-7,10-12,15,21H,3,8-9H2,1-2H3,(H,19,20). The number of aliphatic imine (C=N–C) groups is 1. The van der Waals surface area contributed by atoms with Gasteiger partial charge in [0, 0.05) is 17.6 Å². The lowest BCUT2D eigenvalue weighted by Gasteiger charge is -2.12. The highest BCUT2D eigenvalue weighted by Crippen LogP contribution is 2.29.